The number of halogens is 4. The van der Waals surface area contributed by atoms with Crippen LogP contribution in [0.3, 0.4) is 0 Å². The molecule has 0 spiro atoms. The van der Waals surface area contributed by atoms with E-state index < -0.39 is 12.2 Å². The van der Waals surface area contributed by atoms with Crippen LogP contribution in [0.15, 0.2) is 18.2 Å². The molecule has 0 amide bonds. The Hall–Kier alpha value is -0.940. The highest BCUT2D eigenvalue weighted by Crippen LogP contribution is 2.37. The van der Waals surface area contributed by atoms with Gasteiger partial charge in [0.15, 0.2) is 0 Å². The van der Waals surface area contributed by atoms with Crippen LogP contribution >= 0.6 is 11.6 Å². The summed E-state index contributed by atoms with van der Waals surface area (Å²) in [6.07, 6.45) is -3.77. The van der Waals surface area contributed by atoms with Gasteiger partial charge in [-0.05, 0) is 30.7 Å². The van der Waals surface area contributed by atoms with E-state index in [1.54, 1.807) is 6.92 Å². The molecule has 2 nitrogen and oxygen atoms in total. The van der Waals surface area contributed by atoms with Gasteiger partial charge in [-0.25, -0.2) is 0 Å². The Bertz CT molecular complexity index is 395. The predicted octanol–water partition coefficient (Wildman–Crippen LogP) is 3.95. The Morgan fingerprint density at radius 1 is 1.39 bits per heavy atom. The van der Waals surface area contributed by atoms with E-state index in [4.69, 9.17) is 16.3 Å². The van der Waals surface area contributed by atoms with E-state index in [1.807, 2.05) is 0 Å². The fourth-order valence-corrected chi connectivity index (χ4v) is 1.84. The van der Waals surface area contributed by atoms with E-state index in [0.717, 1.165) is 0 Å². The highest BCUT2D eigenvalue weighted by Gasteiger charge is 2.41. The summed E-state index contributed by atoms with van der Waals surface area (Å²) < 4.78 is 43.7. The van der Waals surface area contributed by atoms with Gasteiger partial charge >= 0.3 is 6.18 Å². The molecule has 0 aliphatic heterocycles. The summed E-state index contributed by atoms with van der Waals surface area (Å²) in [6, 6.07) is 2.43. The van der Waals surface area contributed by atoms with E-state index >= 15 is 0 Å². The zero-order valence-electron chi connectivity index (χ0n) is 10.1. The molecule has 1 aromatic carbocycles. The molecule has 1 N–H and O–H groups in total. The van der Waals surface area contributed by atoms with Gasteiger partial charge < -0.3 is 10.1 Å². The highest BCUT2D eigenvalue weighted by molar-refractivity contribution is 6.31. The maximum atomic E-state index is 12.9. The summed E-state index contributed by atoms with van der Waals surface area (Å²) in [6.45, 7) is 2.07. The van der Waals surface area contributed by atoms with Crippen LogP contribution in [0, 0.1) is 0 Å². The van der Waals surface area contributed by atoms with Crippen LogP contribution in [0.25, 0.3) is 0 Å². The molecule has 1 aromatic rings. The lowest BCUT2D eigenvalue weighted by Gasteiger charge is -2.23. The van der Waals surface area contributed by atoms with Crippen molar-refractivity contribution in [2.45, 2.75) is 25.6 Å². The molecule has 1 rings (SSSR count). The first-order valence-corrected chi connectivity index (χ1v) is 5.91. The standard InChI is InChI=1S/C12H15ClF3NO/c1-3-6-17-11(12(14,15)16)9-5-4-8(18-2)7-10(9)13/h4-5,7,11,17H,3,6H2,1-2H3. The second kappa shape index (κ2) is 6.29. The van der Waals surface area contributed by atoms with Gasteiger partial charge in [-0.3, -0.25) is 0 Å². The number of hydrogen-bond acceptors (Lipinski definition) is 2. The van der Waals surface area contributed by atoms with Gasteiger partial charge in [-0.1, -0.05) is 24.6 Å². The first-order chi connectivity index (χ1) is 8.40. The largest absolute Gasteiger partial charge is 0.497 e. The summed E-state index contributed by atoms with van der Waals surface area (Å²) in [5.41, 5.74) is 0.0124. The molecule has 6 heteroatoms. The lowest BCUT2D eigenvalue weighted by molar-refractivity contribution is -0.157. The van der Waals surface area contributed by atoms with Crippen LogP contribution in [0.4, 0.5) is 13.2 Å². The van der Waals surface area contributed by atoms with Gasteiger partial charge in [0.05, 0.1) is 7.11 Å². The van der Waals surface area contributed by atoms with Crippen LogP contribution in [0.1, 0.15) is 24.9 Å². The summed E-state index contributed by atoms with van der Waals surface area (Å²) in [5, 5.41) is 2.50. The Labute approximate surface area is 109 Å². The number of alkyl halides is 3. The monoisotopic (exact) mass is 281 g/mol. The Balaban J connectivity index is 3.05. The van der Waals surface area contributed by atoms with Crippen LogP contribution in [0.2, 0.25) is 5.02 Å². The Kier molecular flexibility index (Phi) is 5.28. The van der Waals surface area contributed by atoms with Crippen LogP contribution in [-0.4, -0.2) is 19.8 Å². The molecular formula is C12H15ClF3NO. The molecule has 0 aromatic heterocycles. The first-order valence-electron chi connectivity index (χ1n) is 5.53. The van der Waals surface area contributed by atoms with E-state index in [1.165, 1.54) is 25.3 Å². The molecular weight excluding hydrogens is 267 g/mol. The zero-order chi connectivity index (χ0) is 13.8. The van der Waals surface area contributed by atoms with Crippen LogP contribution < -0.4 is 10.1 Å². The topological polar surface area (TPSA) is 21.3 Å². The van der Waals surface area contributed by atoms with Crippen molar-refractivity contribution in [2.75, 3.05) is 13.7 Å². The van der Waals surface area contributed by atoms with Crippen LogP contribution in [0.5, 0.6) is 5.75 Å². The van der Waals surface area contributed by atoms with Gasteiger partial charge in [0, 0.05) is 5.02 Å². The van der Waals surface area contributed by atoms with Gasteiger partial charge in [0.1, 0.15) is 11.8 Å². The summed E-state index contributed by atoms with van der Waals surface area (Å²) in [5.74, 6) is 0.431. The average molecular weight is 282 g/mol. The number of nitrogens with one attached hydrogen (secondary N) is 1. The van der Waals surface area contributed by atoms with Crippen molar-refractivity contribution in [3.63, 3.8) is 0 Å². The molecule has 0 aliphatic rings. The molecule has 102 valence electrons. The highest BCUT2D eigenvalue weighted by atomic mass is 35.5. The fourth-order valence-electron chi connectivity index (χ4n) is 1.56. The van der Waals surface area contributed by atoms with Gasteiger partial charge in [-0.2, -0.15) is 13.2 Å². The molecule has 1 atom stereocenters. The Morgan fingerprint density at radius 2 is 2.06 bits per heavy atom. The number of benzene rings is 1. The van der Waals surface area contributed by atoms with Crippen molar-refractivity contribution >= 4 is 11.6 Å². The maximum absolute atomic E-state index is 12.9. The molecule has 0 fully saturated rings. The van der Waals surface area contributed by atoms with E-state index in [9.17, 15) is 13.2 Å². The van der Waals surface area contributed by atoms with Crippen LogP contribution in [-0.2, 0) is 0 Å². The lowest BCUT2D eigenvalue weighted by atomic mass is 10.1. The summed E-state index contributed by atoms with van der Waals surface area (Å²) >= 11 is 5.87. The molecule has 0 aliphatic carbocycles. The molecule has 18 heavy (non-hydrogen) atoms. The van der Waals surface area contributed by atoms with E-state index in [2.05, 4.69) is 5.32 Å². The number of hydrogen-bond donors (Lipinski definition) is 1. The smallest absolute Gasteiger partial charge is 0.407 e. The predicted molar refractivity (Wildman–Crippen MR) is 65.1 cm³/mol. The third kappa shape index (κ3) is 3.78. The Morgan fingerprint density at radius 3 is 2.50 bits per heavy atom. The van der Waals surface area contributed by atoms with Crippen molar-refractivity contribution in [1.82, 2.24) is 5.32 Å². The van der Waals surface area contributed by atoms with Crippen molar-refractivity contribution < 1.29 is 17.9 Å². The van der Waals surface area contributed by atoms with Crippen molar-refractivity contribution in [1.29, 1.82) is 0 Å². The molecule has 0 saturated carbocycles. The van der Waals surface area contributed by atoms with Gasteiger partial charge in [-0.15, -0.1) is 0 Å². The SMILES string of the molecule is CCCNC(c1ccc(OC)cc1Cl)C(F)(F)F. The summed E-state index contributed by atoms with van der Waals surface area (Å²) in [7, 11) is 1.43. The quantitative estimate of drug-likeness (QED) is 0.882. The zero-order valence-corrected chi connectivity index (χ0v) is 10.9. The lowest BCUT2D eigenvalue weighted by Crippen LogP contribution is -2.34. The minimum Gasteiger partial charge on any atom is -0.497 e. The number of rotatable bonds is 5. The molecule has 0 saturated heterocycles. The van der Waals surface area contributed by atoms with E-state index in [0.29, 0.717) is 12.2 Å². The molecule has 1 unspecified atom stereocenters. The summed E-state index contributed by atoms with van der Waals surface area (Å²) in [4.78, 5) is 0. The number of ether oxygens (including phenoxy) is 1. The van der Waals surface area contributed by atoms with Gasteiger partial charge in [0.25, 0.3) is 0 Å². The first kappa shape index (κ1) is 15.1. The number of methoxy groups -OCH3 is 1. The third-order valence-corrected chi connectivity index (χ3v) is 2.77. The minimum absolute atomic E-state index is 0.0124. The second-order valence-corrected chi connectivity index (χ2v) is 4.22. The molecule has 0 bridgehead atoms. The normalized spacial score (nSPS) is 13.4. The van der Waals surface area contributed by atoms with Gasteiger partial charge in [0.2, 0.25) is 0 Å². The van der Waals surface area contributed by atoms with Crippen molar-refractivity contribution in [3.8, 4) is 5.75 Å². The second-order valence-electron chi connectivity index (χ2n) is 3.82. The van der Waals surface area contributed by atoms with E-state index in [-0.39, 0.29) is 17.1 Å². The van der Waals surface area contributed by atoms with Crippen molar-refractivity contribution in [3.05, 3.63) is 28.8 Å². The van der Waals surface area contributed by atoms with Crippen molar-refractivity contribution in [2.24, 2.45) is 0 Å². The minimum atomic E-state index is -4.38. The average Bonchev–Trinajstić information content (AvgIpc) is 2.29. The third-order valence-electron chi connectivity index (χ3n) is 2.44. The maximum Gasteiger partial charge on any atom is 0.407 e. The molecule has 0 radical (unpaired) electrons. The molecule has 0 heterocycles. The fraction of sp³-hybridized carbons (Fsp3) is 0.500.